The van der Waals surface area contributed by atoms with Gasteiger partial charge in [0.05, 0.1) is 29.2 Å². The number of amides is 3. The molecule has 3 amide bonds. The molecule has 6 rings (SSSR count). The van der Waals surface area contributed by atoms with Gasteiger partial charge in [0.1, 0.15) is 23.1 Å². The van der Waals surface area contributed by atoms with Crippen molar-refractivity contribution >= 4 is 31.2 Å². The molecule has 2 unspecified atom stereocenters. The number of phenolic OH excluding ortho intramolecular Hbond substituents is 1. The van der Waals surface area contributed by atoms with Crippen molar-refractivity contribution in [1.82, 2.24) is 25.8 Å². The first-order valence-electron chi connectivity index (χ1n) is 15.4. The number of benzene rings is 2. The highest BCUT2D eigenvalue weighted by Gasteiger charge is 2.41. The van der Waals surface area contributed by atoms with Gasteiger partial charge in [-0.15, -0.1) is 0 Å². The average Bonchev–Trinajstić information content (AvgIpc) is 2.98. The predicted molar refractivity (Wildman–Crippen MR) is 170 cm³/mol. The molecule has 256 valence electrons. The Morgan fingerprint density at radius 2 is 1.79 bits per heavy atom. The molecular formula is C31H37BF2N6O8. The minimum atomic E-state index is -1.39. The number of carbonyl (C=O) groups excluding carboxylic acids is 3. The van der Waals surface area contributed by atoms with Crippen LogP contribution in [0.5, 0.6) is 11.5 Å². The molecule has 3 heterocycles. The number of halogens is 2. The number of aromatic carboxylic acids is 1. The smallest absolute Gasteiger partial charge is 0.536 e. The summed E-state index contributed by atoms with van der Waals surface area (Å²) in [6.07, 6.45) is 6.30. The van der Waals surface area contributed by atoms with Gasteiger partial charge in [-0.1, -0.05) is 49.5 Å². The molecule has 2 atom stereocenters. The molecule has 0 spiro atoms. The maximum absolute atomic E-state index is 14.3. The highest BCUT2D eigenvalue weighted by Crippen LogP contribution is 2.33. The van der Waals surface area contributed by atoms with E-state index in [2.05, 4.69) is 27.6 Å². The van der Waals surface area contributed by atoms with Crippen molar-refractivity contribution in [3.05, 3.63) is 75.8 Å². The Hall–Kier alpha value is -5.06. The lowest BCUT2D eigenvalue weighted by molar-refractivity contribution is -0.157. The molecule has 1 aliphatic carbocycles. The number of aromatic hydroxyl groups is 1. The number of carboxylic acids is 1. The van der Waals surface area contributed by atoms with Crippen LogP contribution < -0.4 is 20.6 Å². The summed E-state index contributed by atoms with van der Waals surface area (Å²) >= 11 is 0. The van der Waals surface area contributed by atoms with Crippen LogP contribution in [0, 0.1) is 16.5 Å². The van der Waals surface area contributed by atoms with Gasteiger partial charge in [0.25, 0.3) is 0 Å². The van der Waals surface area contributed by atoms with Gasteiger partial charge < -0.3 is 40.6 Å². The molecule has 17 heteroatoms. The van der Waals surface area contributed by atoms with Crippen LogP contribution in [0.3, 0.4) is 0 Å². The largest absolute Gasteiger partial charge is 0.570 e. The summed E-state index contributed by atoms with van der Waals surface area (Å²) < 4.78 is 34.1. The van der Waals surface area contributed by atoms with Crippen molar-refractivity contribution in [3.63, 3.8) is 0 Å². The molecule has 4 aliphatic rings. The number of likely N-dealkylation sites (N-methyl/N-ethyl adjacent to an activating group) is 1. The van der Waals surface area contributed by atoms with Crippen LogP contribution in [0.2, 0.25) is 0 Å². The molecule has 48 heavy (non-hydrogen) atoms. The number of hydrogen-bond acceptors (Lipinski definition) is 10. The quantitative estimate of drug-likeness (QED) is 0.114. The Morgan fingerprint density at radius 1 is 1.15 bits per heavy atom. The molecule has 3 fully saturated rings. The Morgan fingerprint density at radius 3 is 2.31 bits per heavy atom. The van der Waals surface area contributed by atoms with Crippen molar-refractivity contribution in [2.45, 2.75) is 50.1 Å². The van der Waals surface area contributed by atoms with Gasteiger partial charge in [-0.3, -0.25) is 14.4 Å². The molecule has 3 aliphatic heterocycles. The fourth-order valence-corrected chi connectivity index (χ4v) is 5.24. The number of nitrogens with zero attached hydrogens (tertiary/aromatic N) is 3. The summed E-state index contributed by atoms with van der Waals surface area (Å²) in [6.45, 7) is 6.67. The second-order valence-electron chi connectivity index (χ2n) is 11.7. The molecule has 1 saturated carbocycles. The topological polar surface area (TPSA) is 190 Å². The summed E-state index contributed by atoms with van der Waals surface area (Å²) in [5.41, 5.74) is -0.344. The zero-order chi connectivity index (χ0) is 35.0. The standard InChI is InChI=1S/C19H16BF2N3O6.C8H13N3O2.C4H8/c1-9(17(23-8-26)16-13(21)6-11(27)7-14(16)22)24-15-5-10-3-2-4-12(19(28)29)18(10)31-20(15)25-30;1-10-2-3-11(6-4-9-5-6)8(13)7(10)12;1-2-4-3-1/h2-4,6-8,15,17,24,27H,1,5H2,(H,23,26)(H,28,29);6,9H,2-5H2,1H3;1-4H2. The molecule has 2 saturated heterocycles. The number of carbonyl (C=O) groups is 4. The minimum Gasteiger partial charge on any atom is -0.536 e. The first-order chi connectivity index (χ1) is 23.0. The van der Waals surface area contributed by atoms with Crippen LogP contribution in [-0.2, 0) is 20.8 Å². The van der Waals surface area contributed by atoms with Gasteiger partial charge in [0.15, 0.2) is 0 Å². The normalized spacial score (nSPS) is 19.0. The van der Waals surface area contributed by atoms with Crippen LogP contribution in [0.1, 0.15) is 53.2 Å². The van der Waals surface area contributed by atoms with Crippen molar-refractivity contribution in [1.29, 1.82) is 0 Å². The molecule has 0 aromatic heterocycles. The monoisotopic (exact) mass is 670 g/mol. The second kappa shape index (κ2) is 16.2. The molecule has 2 aromatic carbocycles. The number of para-hydroxylation sites is 1. The SMILES string of the molecule is C1CCC1.C=C(NC1Cc2cccc(C(=O)O)c2OB1N=O)C(NC=O)c1c(F)cc(O)cc1F.CN1CCN(C2CNC2)C(=O)C1=O. The summed E-state index contributed by atoms with van der Waals surface area (Å²) in [5, 5.41) is 29.6. The lowest BCUT2D eigenvalue weighted by Gasteiger charge is -2.41. The predicted octanol–water partition coefficient (Wildman–Crippen LogP) is 1.88. The lowest BCUT2D eigenvalue weighted by atomic mass is 9.68. The summed E-state index contributed by atoms with van der Waals surface area (Å²) in [4.78, 5) is 59.7. The van der Waals surface area contributed by atoms with Crippen molar-refractivity contribution < 1.29 is 42.8 Å². The Kier molecular flexibility index (Phi) is 12.1. The zero-order valence-electron chi connectivity index (χ0n) is 26.3. The van der Waals surface area contributed by atoms with Gasteiger partial charge in [0.2, 0.25) is 6.41 Å². The van der Waals surface area contributed by atoms with Crippen LogP contribution >= 0.6 is 0 Å². The third-order valence-electron chi connectivity index (χ3n) is 8.43. The van der Waals surface area contributed by atoms with Gasteiger partial charge in [-0.05, 0) is 18.1 Å². The Labute approximate surface area is 275 Å². The number of phenols is 1. The van der Waals surface area contributed by atoms with E-state index in [9.17, 15) is 43.1 Å². The summed E-state index contributed by atoms with van der Waals surface area (Å²) in [7, 11) is 0.285. The van der Waals surface area contributed by atoms with E-state index in [0.717, 1.165) is 13.1 Å². The van der Waals surface area contributed by atoms with E-state index in [1.807, 2.05) is 0 Å². The van der Waals surface area contributed by atoms with E-state index < -0.39 is 48.0 Å². The molecule has 0 bridgehead atoms. The van der Waals surface area contributed by atoms with E-state index in [0.29, 0.717) is 30.8 Å². The summed E-state index contributed by atoms with van der Waals surface area (Å²) in [6, 6.07) is 4.62. The lowest BCUT2D eigenvalue weighted by Crippen LogP contribution is -2.64. The van der Waals surface area contributed by atoms with Crippen molar-refractivity contribution in [2.24, 2.45) is 5.09 Å². The van der Waals surface area contributed by atoms with Gasteiger partial charge >= 0.3 is 24.8 Å². The fourth-order valence-electron chi connectivity index (χ4n) is 5.24. The van der Waals surface area contributed by atoms with Gasteiger partial charge in [0, 0.05) is 51.1 Å². The van der Waals surface area contributed by atoms with Crippen LogP contribution in [-0.4, -0.2) is 96.5 Å². The first kappa shape index (κ1) is 35.8. The third kappa shape index (κ3) is 8.26. The van der Waals surface area contributed by atoms with Crippen LogP contribution in [0.4, 0.5) is 8.78 Å². The van der Waals surface area contributed by atoms with Gasteiger partial charge in [-0.2, -0.15) is 4.91 Å². The number of hydrogen-bond donors (Lipinski definition) is 5. The number of carboxylic acid groups (broad SMARTS) is 1. The number of fused-ring (bicyclic) bond motifs is 1. The Bertz CT molecular complexity index is 1530. The number of rotatable bonds is 9. The fraction of sp³-hybridized carbons (Fsp3) is 0.419. The van der Waals surface area contributed by atoms with E-state index in [1.54, 1.807) is 18.0 Å². The highest BCUT2D eigenvalue weighted by atomic mass is 19.1. The first-order valence-corrected chi connectivity index (χ1v) is 15.4. The third-order valence-corrected chi connectivity index (χ3v) is 8.43. The van der Waals surface area contributed by atoms with Crippen molar-refractivity contribution in [3.8, 4) is 11.5 Å². The van der Waals surface area contributed by atoms with Crippen molar-refractivity contribution in [2.75, 3.05) is 33.2 Å². The highest BCUT2D eigenvalue weighted by molar-refractivity contribution is 6.53. The van der Waals surface area contributed by atoms with Crippen LogP contribution in [0.25, 0.3) is 0 Å². The maximum Gasteiger partial charge on any atom is 0.570 e. The van der Waals surface area contributed by atoms with E-state index >= 15 is 0 Å². The molecule has 0 radical (unpaired) electrons. The number of nitrogens with one attached hydrogen (secondary N) is 3. The number of piperazine rings is 1. The van der Waals surface area contributed by atoms with Crippen LogP contribution in [0.15, 0.2) is 47.7 Å². The molecule has 2 aromatic rings. The average molecular weight is 670 g/mol. The van der Waals surface area contributed by atoms with E-state index in [4.69, 9.17) is 4.65 Å². The van der Waals surface area contributed by atoms with E-state index in [-0.39, 0.29) is 47.7 Å². The minimum absolute atomic E-state index is 0.00134. The zero-order valence-corrected chi connectivity index (χ0v) is 26.3. The molecule has 14 nitrogen and oxygen atoms in total. The maximum atomic E-state index is 14.3. The van der Waals surface area contributed by atoms with Gasteiger partial charge in [-0.25, -0.2) is 13.6 Å². The Balaban J connectivity index is 0.000000248. The molecular weight excluding hydrogens is 633 g/mol. The summed E-state index contributed by atoms with van der Waals surface area (Å²) in [5.74, 6) is -5.73. The van der Waals surface area contributed by atoms with E-state index in [1.165, 1.54) is 42.7 Å². The second-order valence-corrected chi connectivity index (χ2v) is 11.7. The molecule has 5 N–H and O–H groups in total. The number of nitroso groups, excluding NO2 is 1.